The Morgan fingerprint density at radius 2 is 1.73 bits per heavy atom. The van der Waals surface area contributed by atoms with Crippen molar-refractivity contribution < 1.29 is 4.42 Å². The van der Waals surface area contributed by atoms with Gasteiger partial charge in [0.05, 0.1) is 5.52 Å². The van der Waals surface area contributed by atoms with Crippen molar-refractivity contribution in [1.29, 1.82) is 0 Å². The molecule has 26 heavy (non-hydrogen) atoms. The Balaban J connectivity index is 1.62. The second-order valence-corrected chi connectivity index (χ2v) is 7.75. The summed E-state index contributed by atoms with van der Waals surface area (Å²) in [7, 11) is 0. The monoisotopic (exact) mass is 353 g/mol. The smallest absolute Gasteiger partial charge is 0.268 e. The van der Waals surface area contributed by atoms with Gasteiger partial charge in [0.15, 0.2) is 5.69 Å². The Kier molecular flexibility index (Phi) is 4.53. The van der Waals surface area contributed by atoms with Crippen LogP contribution in [0.5, 0.6) is 0 Å². The molecule has 1 aromatic carbocycles. The fourth-order valence-corrected chi connectivity index (χ4v) is 3.80. The Morgan fingerprint density at radius 3 is 2.42 bits per heavy atom. The van der Waals surface area contributed by atoms with Gasteiger partial charge in [0, 0.05) is 23.4 Å². The van der Waals surface area contributed by atoms with E-state index in [4.69, 9.17) is 9.52 Å². The van der Waals surface area contributed by atoms with Crippen molar-refractivity contribution in [3.05, 3.63) is 30.2 Å². The van der Waals surface area contributed by atoms with Crippen LogP contribution in [0, 0.1) is 0 Å². The molecule has 0 aliphatic carbocycles. The first-order valence-electron chi connectivity index (χ1n) is 9.59. The molecule has 0 bridgehead atoms. The first kappa shape index (κ1) is 17.2. The van der Waals surface area contributed by atoms with Gasteiger partial charge < -0.3 is 9.32 Å². The molecule has 0 N–H and O–H groups in total. The lowest BCUT2D eigenvalue weighted by Crippen LogP contribution is -2.37. The molecule has 6 heteroatoms. The number of piperidine rings is 1. The molecule has 0 spiro atoms. The maximum atomic E-state index is 6.09. The number of para-hydroxylation sites is 1. The Bertz CT molecular complexity index is 887. The first-order chi connectivity index (χ1) is 12.5. The van der Waals surface area contributed by atoms with Crippen LogP contribution >= 0.6 is 0 Å². The molecule has 4 rings (SSSR count). The van der Waals surface area contributed by atoms with Crippen LogP contribution in [0.2, 0.25) is 0 Å². The van der Waals surface area contributed by atoms with Crippen molar-refractivity contribution in [2.24, 2.45) is 0 Å². The highest BCUT2D eigenvalue weighted by Gasteiger charge is 2.27. The minimum absolute atomic E-state index is 0.274. The van der Waals surface area contributed by atoms with Gasteiger partial charge in [-0.15, -0.1) is 10.2 Å². The molecule has 0 atom stereocenters. The van der Waals surface area contributed by atoms with Crippen LogP contribution < -0.4 is 0 Å². The molecular weight excluding hydrogens is 326 g/mol. The van der Waals surface area contributed by atoms with Crippen molar-refractivity contribution in [2.45, 2.75) is 58.5 Å². The number of hydrogen-bond acceptors (Lipinski definition) is 5. The van der Waals surface area contributed by atoms with E-state index in [0.717, 1.165) is 48.4 Å². The molecule has 1 aliphatic heterocycles. The van der Waals surface area contributed by atoms with E-state index < -0.39 is 0 Å². The molecule has 0 saturated carbocycles. The lowest BCUT2D eigenvalue weighted by atomic mass is 9.96. The average molecular weight is 353 g/mol. The molecule has 0 amide bonds. The third kappa shape index (κ3) is 3.03. The number of aromatic nitrogens is 4. The number of rotatable bonds is 4. The molecule has 1 saturated heterocycles. The largest absolute Gasteiger partial charge is 0.419 e. The maximum absolute atomic E-state index is 6.09. The summed E-state index contributed by atoms with van der Waals surface area (Å²) in [6.07, 6.45) is 2.14. The standard InChI is InChI=1S/C20H27N5O/c1-13(2)24-11-9-15(10-12-24)19-21-22-20(26-19)18-16-7-5-6-8-17(16)25(23-18)14(3)4/h5-8,13-15H,9-12H2,1-4H3. The number of fused-ring (bicyclic) bond motifs is 1. The van der Waals surface area contributed by atoms with Gasteiger partial charge in [-0.05, 0) is 59.7 Å². The van der Waals surface area contributed by atoms with E-state index in [-0.39, 0.29) is 6.04 Å². The summed E-state index contributed by atoms with van der Waals surface area (Å²) in [5, 5.41) is 14.5. The Morgan fingerprint density at radius 1 is 1.00 bits per heavy atom. The normalized spacial score (nSPS) is 17.0. The summed E-state index contributed by atoms with van der Waals surface area (Å²) < 4.78 is 8.11. The SMILES string of the molecule is CC(C)N1CCC(c2nnc(-c3nn(C(C)C)c4ccccc34)o2)CC1. The molecule has 138 valence electrons. The van der Waals surface area contributed by atoms with Gasteiger partial charge in [-0.3, -0.25) is 4.68 Å². The lowest BCUT2D eigenvalue weighted by molar-refractivity contribution is 0.163. The fourth-order valence-electron chi connectivity index (χ4n) is 3.80. The van der Waals surface area contributed by atoms with Crippen LogP contribution in [-0.2, 0) is 0 Å². The van der Waals surface area contributed by atoms with Crippen molar-refractivity contribution in [3.63, 3.8) is 0 Å². The fraction of sp³-hybridized carbons (Fsp3) is 0.550. The lowest BCUT2D eigenvalue weighted by Gasteiger charge is -2.33. The minimum Gasteiger partial charge on any atom is -0.419 e. The van der Waals surface area contributed by atoms with Gasteiger partial charge in [-0.1, -0.05) is 18.2 Å². The minimum atomic E-state index is 0.274. The quantitative estimate of drug-likeness (QED) is 0.701. The summed E-state index contributed by atoms with van der Waals surface area (Å²) in [5.74, 6) is 1.64. The van der Waals surface area contributed by atoms with Crippen molar-refractivity contribution >= 4 is 10.9 Å². The molecule has 2 aromatic heterocycles. The van der Waals surface area contributed by atoms with E-state index >= 15 is 0 Å². The Hall–Kier alpha value is -2.21. The predicted octanol–water partition coefficient (Wildman–Crippen LogP) is 4.26. The van der Waals surface area contributed by atoms with Crippen LogP contribution in [0.25, 0.3) is 22.5 Å². The van der Waals surface area contributed by atoms with Crippen molar-refractivity contribution in [3.8, 4) is 11.6 Å². The zero-order valence-corrected chi connectivity index (χ0v) is 16.0. The van der Waals surface area contributed by atoms with E-state index in [0.29, 0.717) is 17.9 Å². The molecule has 0 unspecified atom stereocenters. The molecule has 1 fully saturated rings. The van der Waals surface area contributed by atoms with Crippen LogP contribution in [0.1, 0.15) is 58.4 Å². The number of benzene rings is 1. The van der Waals surface area contributed by atoms with E-state index in [2.05, 4.69) is 54.9 Å². The molecule has 3 heterocycles. The number of nitrogens with zero attached hydrogens (tertiary/aromatic N) is 5. The first-order valence-corrected chi connectivity index (χ1v) is 9.59. The summed E-state index contributed by atoms with van der Waals surface area (Å²) >= 11 is 0. The molecule has 1 aliphatic rings. The Labute approximate surface area is 154 Å². The van der Waals surface area contributed by atoms with Crippen LogP contribution in [0.3, 0.4) is 0 Å². The summed E-state index contributed by atoms with van der Waals surface area (Å²) in [6.45, 7) is 10.9. The van der Waals surface area contributed by atoms with Gasteiger partial charge in [-0.2, -0.15) is 5.10 Å². The maximum Gasteiger partial charge on any atom is 0.268 e. The molecule has 6 nitrogen and oxygen atoms in total. The second kappa shape index (κ2) is 6.83. The van der Waals surface area contributed by atoms with Gasteiger partial charge in [-0.25, -0.2) is 0 Å². The topological polar surface area (TPSA) is 60.0 Å². The molecule has 0 radical (unpaired) electrons. The molecular formula is C20H27N5O. The van der Waals surface area contributed by atoms with E-state index in [1.807, 2.05) is 16.8 Å². The zero-order valence-electron chi connectivity index (χ0n) is 16.0. The summed E-state index contributed by atoms with van der Waals surface area (Å²) in [4.78, 5) is 2.51. The van der Waals surface area contributed by atoms with E-state index in [1.165, 1.54) is 0 Å². The van der Waals surface area contributed by atoms with E-state index in [1.54, 1.807) is 0 Å². The molecule has 3 aromatic rings. The highest BCUT2D eigenvalue weighted by molar-refractivity contribution is 5.91. The number of likely N-dealkylation sites (tertiary alicyclic amines) is 1. The summed E-state index contributed by atoms with van der Waals surface area (Å²) in [6, 6.07) is 9.09. The third-order valence-corrected chi connectivity index (χ3v) is 5.36. The summed E-state index contributed by atoms with van der Waals surface area (Å²) in [5.41, 5.74) is 1.88. The highest BCUT2D eigenvalue weighted by Crippen LogP contribution is 2.32. The van der Waals surface area contributed by atoms with Crippen LogP contribution in [0.15, 0.2) is 28.7 Å². The average Bonchev–Trinajstić information content (AvgIpc) is 3.26. The predicted molar refractivity (Wildman–Crippen MR) is 102 cm³/mol. The van der Waals surface area contributed by atoms with Crippen LogP contribution in [0.4, 0.5) is 0 Å². The van der Waals surface area contributed by atoms with Gasteiger partial charge in [0.1, 0.15) is 0 Å². The van der Waals surface area contributed by atoms with Crippen LogP contribution in [-0.4, -0.2) is 44.0 Å². The van der Waals surface area contributed by atoms with Gasteiger partial charge in [0.25, 0.3) is 5.89 Å². The number of hydrogen-bond donors (Lipinski definition) is 0. The zero-order chi connectivity index (χ0) is 18.3. The van der Waals surface area contributed by atoms with Crippen molar-refractivity contribution in [2.75, 3.05) is 13.1 Å². The van der Waals surface area contributed by atoms with Gasteiger partial charge >= 0.3 is 0 Å². The van der Waals surface area contributed by atoms with E-state index in [9.17, 15) is 0 Å². The third-order valence-electron chi connectivity index (χ3n) is 5.36. The second-order valence-electron chi connectivity index (χ2n) is 7.75. The van der Waals surface area contributed by atoms with Gasteiger partial charge in [0.2, 0.25) is 5.89 Å². The van der Waals surface area contributed by atoms with Crippen molar-refractivity contribution in [1.82, 2.24) is 24.9 Å². The highest BCUT2D eigenvalue weighted by atomic mass is 16.4.